The smallest absolute Gasteiger partial charge is 0.268 e. The number of benzene rings is 2. The van der Waals surface area contributed by atoms with E-state index in [0.717, 1.165) is 37.1 Å². The Morgan fingerprint density at radius 3 is 2.50 bits per heavy atom. The van der Waals surface area contributed by atoms with Crippen LogP contribution in [0.5, 0.6) is 17.4 Å². The SMILES string of the molecule is Cc1ccc(OC(C)(C)C(=O)Nc2ccc(Oc3ccc(F)cc3F)nc2)c2c1CCC2. The third-order valence-corrected chi connectivity index (χ3v) is 5.49. The molecule has 4 rings (SSSR count). The minimum Gasteiger partial charge on any atom is -0.478 e. The fourth-order valence-corrected chi connectivity index (χ4v) is 3.74. The summed E-state index contributed by atoms with van der Waals surface area (Å²) < 4.78 is 38.2. The van der Waals surface area contributed by atoms with E-state index in [-0.39, 0.29) is 17.5 Å². The van der Waals surface area contributed by atoms with E-state index >= 15 is 0 Å². The Balaban J connectivity index is 1.42. The fraction of sp³-hybridized carbons (Fsp3) is 0.280. The van der Waals surface area contributed by atoms with Crippen molar-refractivity contribution in [2.45, 2.75) is 45.6 Å². The van der Waals surface area contributed by atoms with E-state index in [1.54, 1.807) is 19.9 Å². The van der Waals surface area contributed by atoms with Gasteiger partial charge in [-0.25, -0.2) is 13.8 Å². The lowest BCUT2D eigenvalue weighted by molar-refractivity contribution is -0.128. The van der Waals surface area contributed by atoms with Crippen molar-refractivity contribution in [3.8, 4) is 17.4 Å². The van der Waals surface area contributed by atoms with Gasteiger partial charge < -0.3 is 14.8 Å². The van der Waals surface area contributed by atoms with Gasteiger partial charge >= 0.3 is 0 Å². The standard InChI is InChI=1S/C25H24F2N2O3/c1-15-7-10-21(19-6-4-5-18(15)19)32-25(2,3)24(30)29-17-9-12-23(28-14-17)31-22-11-8-16(26)13-20(22)27/h7-14H,4-6H2,1-3H3,(H,29,30). The van der Waals surface area contributed by atoms with E-state index in [0.29, 0.717) is 5.69 Å². The molecule has 1 amide bonds. The number of hydrogen-bond acceptors (Lipinski definition) is 4. The number of nitrogens with zero attached hydrogens (tertiary/aromatic N) is 1. The minimum absolute atomic E-state index is 0.110. The lowest BCUT2D eigenvalue weighted by Gasteiger charge is -2.27. The number of rotatable bonds is 6. The van der Waals surface area contributed by atoms with Crippen LogP contribution in [0, 0.1) is 18.6 Å². The Kier molecular flexibility index (Phi) is 5.82. The van der Waals surface area contributed by atoms with Gasteiger partial charge in [0.05, 0.1) is 11.9 Å². The monoisotopic (exact) mass is 438 g/mol. The van der Waals surface area contributed by atoms with Gasteiger partial charge in [-0.2, -0.15) is 0 Å². The predicted octanol–water partition coefficient (Wildman–Crippen LogP) is 5.75. The van der Waals surface area contributed by atoms with Crippen LogP contribution in [0.1, 0.15) is 37.0 Å². The molecule has 0 spiro atoms. The number of aryl methyl sites for hydroxylation is 1. The van der Waals surface area contributed by atoms with Gasteiger partial charge in [-0.1, -0.05) is 6.07 Å². The summed E-state index contributed by atoms with van der Waals surface area (Å²) in [5.41, 5.74) is 3.07. The average Bonchev–Trinajstić information content (AvgIpc) is 3.25. The number of aromatic nitrogens is 1. The van der Waals surface area contributed by atoms with Crippen molar-refractivity contribution >= 4 is 11.6 Å². The number of fused-ring (bicyclic) bond motifs is 1. The van der Waals surface area contributed by atoms with Crippen molar-refractivity contribution in [1.29, 1.82) is 0 Å². The van der Waals surface area contributed by atoms with Crippen molar-refractivity contribution in [3.05, 3.63) is 77.0 Å². The van der Waals surface area contributed by atoms with Crippen molar-refractivity contribution < 1.29 is 23.0 Å². The highest BCUT2D eigenvalue weighted by Crippen LogP contribution is 2.35. The molecule has 1 aliphatic carbocycles. The Morgan fingerprint density at radius 1 is 1.03 bits per heavy atom. The highest BCUT2D eigenvalue weighted by atomic mass is 19.1. The molecule has 2 aromatic carbocycles. The molecule has 0 bridgehead atoms. The van der Waals surface area contributed by atoms with Crippen molar-refractivity contribution in [2.24, 2.45) is 0 Å². The van der Waals surface area contributed by atoms with Crippen LogP contribution >= 0.6 is 0 Å². The van der Waals surface area contributed by atoms with Gasteiger partial charge in [-0.05, 0) is 81.0 Å². The van der Waals surface area contributed by atoms with Crippen LogP contribution in [0.2, 0.25) is 0 Å². The van der Waals surface area contributed by atoms with E-state index in [1.165, 1.54) is 35.0 Å². The minimum atomic E-state index is -1.11. The zero-order valence-electron chi connectivity index (χ0n) is 18.2. The van der Waals surface area contributed by atoms with Crippen LogP contribution in [-0.2, 0) is 17.6 Å². The average molecular weight is 438 g/mol. The summed E-state index contributed by atoms with van der Waals surface area (Å²) in [6.45, 7) is 5.52. The number of carbonyl (C=O) groups is 1. The number of hydrogen-bond donors (Lipinski definition) is 1. The lowest BCUT2D eigenvalue weighted by Crippen LogP contribution is -2.42. The van der Waals surface area contributed by atoms with E-state index in [2.05, 4.69) is 17.2 Å². The molecule has 5 nitrogen and oxygen atoms in total. The Hall–Kier alpha value is -3.48. The maximum Gasteiger partial charge on any atom is 0.268 e. The van der Waals surface area contributed by atoms with Crippen LogP contribution in [-0.4, -0.2) is 16.5 Å². The molecule has 0 aliphatic heterocycles. The van der Waals surface area contributed by atoms with Crippen LogP contribution < -0.4 is 14.8 Å². The molecule has 0 unspecified atom stereocenters. The number of nitrogens with one attached hydrogen (secondary N) is 1. The number of carbonyl (C=O) groups excluding carboxylic acids is 1. The van der Waals surface area contributed by atoms with Gasteiger partial charge in [0.1, 0.15) is 11.6 Å². The van der Waals surface area contributed by atoms with Gasteiger partial charge in [-0.15, -0.1) is 0 Å². The second kappa shape index (κ2) is 8.57. The third-order valence-electron chi connectivity index (χ3n) is 5.49. The highest BCUT2D eigenvalue weighted by Gasteiger charge is 2.32. The first-order valence-corrected chi connectivity index (χ1v) is 10.4. The number of halogens is 2. The van der Waals surface area contributed by atoms with E-state index in [4.69, 9.17) is 9.47 Å². The molecule has 0 fully saturated rings. The summed E-state index contributed by atoms with van der Waals surface area (Å²) in [7, 11) is 0. The van der Waals surface area contributed by atoms with Crippen molar-refractivity contribution in [1.82, 2.24) is 4.98 Å². The van der Waals surface area contributed by atoms with E-state index < -0.39 is 17.2 Å². The number of pyridine rings is 1. The summed E-state index contributed by atoms with van der Waals surface area (Å²) in [5.74, 6) is -1.14. The second-order valence-electron chi connectivity index (χ2n) is 8.32. The molecule has 1 aliphatic rings. The molecule has 0 saturated carbocycles. The highest BCUT2D eigenvalue weighted by molar-refractivity contribution is 5.96. The lowest BCUT2D eigenvalue weighted by atomic mass is 10.0. The largest absolute Gasteiger partial charge is 0.478 e. The van der Waals surface area contributed by atoms with Gasteiger partial charge in [0, 0.05) is 12.1 Å². The molecular formula is C25H24F2N2O3. The molecule has 1 aromatic heterocycles. The number of ether oxygens (including phenoxy) is 2. The molecule has 1 N–H and O–H groups in total. The topological polar surface area (TPSA) is 60.5 Å². The Labute approximate surface area is 185 Å². The van der Waals surface area contributed by atoms with Crippen LogP contribution in [0.15, 0.2) is 48.7 Å². The first kappa shape index (κ1) is 21.7. The van der Waals surface area contributed by atoms with Crippen LogP contribution in [0.4, 0.5) is 14.5 Å². The molecule has 3 aromatic rings. The van der Waals surface area contributed by atoms with Crippen LogP contribution in [0.3, 0.4) is 0 Å². The van der Waals surface area contributed by atoms with Crippen LogP contribution in [0.25, 0.3) is 0 Å². The molecule has 1 heterocycles. The molecule has 0 radical (unpaired) electrons. The van der Waals surface area contributed by atoms with E-state index in [1.807, 2.05) is 12.1 Å². The normalized spacial score (nSPS) is 12.9. The van der Waals surface area contributed by atoms with Crippen molar-refractivity contribution in [2.75, 3.05) is 5.32 Å². The summed E-state index contributed by atoms with van der Waals surface area (Å²) in [6, 6.07) is 10.0. The molecular weight excluding hydrogens is 414 g/mol. The van der Waals surface area contributed by atoms with E-state index in [9.17, 15) is 13.6 Å². The Bertz CT molecular complexity index is 1160. The zero-order valence-corrected chi connectivity index (χ0v) is 18.2. The summed E-state index contributed by atoms with van der Waals surface area (Å²) >= 11 is 0. The predicted molar refractivity (Wildman–Crippen MR) is 117 cm³/mol. The maximum atomic E-state index is 13.7. The number of amides is 1. The fourth-order valence-electron chi connectivity index (χ4n) is 3.74. The van der Waals surface area contributed by atoms with Gasteiger partial charge in [-0.3, -0.25) is 4.79 Å². The summed E-state index contributed by atoms with van der Waals surface area (Å²) in [6.07, 6.45) is 4.47. The molecule has 0 atom stereocenters. The molecule has 0 saturated heterocycles. The summed E-state index contributed by atoms with van der Waals surface area (Å²) in [4.78, 5) is 17.0. The zero-order chi connectivity index (χ0) is 22.9. The quantitative estimate of drug-likeness (QED) is 0.533. The first-order chi connectivity index (χ1) is 15.2. The molecule has 7 heteroatoms. The second-order valence-corrected chi connectivity index (χ2v) is 8.32. The van der Waals surface area contributed by atoms with Gasteiger partial charge in [0.2, 0.25) is 5.88 Å². The maximum absolute atomic E-state index is 13.7. The van der Waals surface area contributed by atoms with Gasteiger partial charge in [0.25, 0.3) is 5.91 Å². The molecule has 32 heavy (non-hydrogen) atoms. The Morgan fingerprint density at radius 2 is 1.78 bits per heavy atom. The number of anilines is 1. The molecule has 166 valence electrons. The summed E-state index contributed by atoms with van der Waals surface area (Å²) in [5, 5.41) is 2.79. The van der Waals surface area contributed by atoms with Crippen molar-refractivity contribution in [3.63, 3.8) is 0 Å². The first-order valence-electron chi connectivity index (χ1n) is 10.4. The third kappa shape index (κ3) is 4.56. The van der Waals surface area contributed by atoms with Gasteiger partial charge in [0.15, 0.2) is 17.2 Å².